The number of nitrogens with one attached hydrogen (secondary N) is 1. The number of nitrogens with zero attached hydrogens (tertiary/aromatic N) is 3. The average molecular weight is 425 g/mol. The molecule has 1 heterocycles. The van der Waals surface area contributed by atoms with E-state index in [1.54, 1.807) is 24.3 Å². The Kier molecular flexibility index (Phi) is 6.07. The molecule has 0 aliphatic heterocycles. The SMILES string of the molecule is CN(CCc1noc(-c2ccc(Cl)cc2)n1)C(=O)Nc1ccccc1C(F)(F)F. The van der Waals surface area contributed by atoms with Crippen LogP contribution in [0.25, 0.3) is 11.5 Å². The quantitative estimate of drug-likeness (QED) is 0.617. The maximum absolute atomic E-state index is 13.0. The number of para-hydroxylation sites is 1. The van der Waals surface area contributed by atoms with Crippen LogP contribution in [0.3, 0.4) is 0 Å². The second kappa shape index (κ2) is 8.52. The molecule has 1 aromatic heterocycles. The van der Waals surface area contributed by atoms with Crippen LogP contribution in [0, 0.1) is 0 Å². The summed E-state index contributed by atoms with van der Waals surface area (Å²) in [7, 11) is 1.46. The smallest absolute Gasteiger partial charge is 0.334 e. The van der Waals surface area contributed by atoms with Crippen molar-refractivity contribution < 1.29 is 22.5 Å². The molecule has 3 aromatic rings. The Bertz CT molecular complexity index is 990. The molecule has 3 rings (SSSR count). The summed E-state index contributed by atoms with van der Waals surface area (Å²) in [6, 6.07) is 11.0. The molecule has 0 spiro atoms. The Morgan fingerprint density at radius 2 is 1.86 bits per heavy atom. The van der Waals surface area contributed by atoms with Gasteiger partial charge in [0, 0.05) is 30.6 Å². The fraction of sp³-hybridized carbons (Fsp3) is 0.211. The van der Waals surface area contributed by atoms with Gasteiger partial charge in [0.05, 0.1) is 11.3 Å². The number of alkyl halides is 3. The van der Waals surface area contributed by atoms with Crippen molar-refractivity contribution in [1.82, 2.24) is 15.0 Å². The number of amides is 2. The van der Waals surface area contributed by atoms with E-state index in [4.69, 9.17) is 16.1 Å². The van der Waals surface area contributed by atoms with Gasteiger partial charge < -0.3 is 14.7 Å². The third-order valence-electron chi connectivity index (χ3n) is 4.05. The van der Waals surface area contributed by atoms with E-state index in [-0.39, 0.29) is 18.7 Å². The van der Waals surface area contributed by atoms with E-state index in [0.29, 0.717) is 22.3 Å². The van der Waals surface area contributed by atoms with Crippen molar-refractivity contribution >= 4 is 23.3 Å². The number of urea groups is 1. The fourth-order valence-corrected chi connectivity index (χ4v) is 2.61. The summed E-state index contributed by atoms with van der Waals surface area (Å²) in [5.74, 6) is 0.674. The molecule has 2 aromatic carbocycles. The Morgan fingerprint density at radius 1 is 1.17 bits per heavy atom. The maximum Gasteiger partial charge on any atom is 0.418 e. The molecule has 0 unspecified atom stereocenters. The molecule has 10 heteroatoms. The molecule has 0 aliphatic carbocycles. The van der Waals surface area contributed by atoms with Crippen LogP contribution in [-0.2, 0) is 12.6 Å². The predicted molar refractivity (Wildman–Crippen MR) is 102 cm³/mol. The summed E-state index contributed by atoms with van der Waals surface area (Å²) < 4.78 is 44.3. The minimum absolute atomic E-state index is 0.180. The molecule has 6 nitrogen and oxygen atoms in total. The molecule has 0 saturated carbocycles. The monoisotopic (exact) mass is 424 g/mol. The van der Waals surface area contributed by atoms with Gasteiger partial charge in [-0.25, -0.2) is 4.79 Å². The highest BCUT2D eigenvalue weighted by Crippen LogP contribution is 2.34. The third kappa shape index (κ3) is 5.26. The van der Waals surface area contributed by atoms with Crippen LogP contribution in [0.5, 0.6) is 0 Å². The van der Waals surface area contributed by atoms with Gasteiger partial charge in [-0.2, -0.15) is 18.2 Å². The molecule has 29 heavy (non-hydrogen) atoms. The lowest BCUT2D eigenvalue weighted by molar-refractivity contribution is -0.136. The van der Waals surface area contributed by atoms with Crippen LogP contribution < -0.4 is 5.32 Å². The second-order valence-electron chi connectivity index (χ2n) is 6.17. The van der Waals surface area contributed by atoms with Gasteiger partial charge in [-0.1, -0.05) is 28.9 Å². The number of benzene rings is 2. The summed E-state index contributed by atoms with van der Waals surface area (Å²) in [5.41, 5.74) is -0.517. The molecule has 0 atom stereocenters. The number of aromatic nitrogens is 2. The number of carbonyl (C=O) groups excluding carboxylic acids is 1. The molecule has 1 N–H and O–H groups in total. The Labute approximate surface area is 169 Å². The Hall–Kier alpha value is -3.07. The number of hydrogen-bond donors (Lipinski definition) is 1. The van der Waals surface area contributed by atoms with Crippen molar-refractivity contribution in [3.05, 3.63) is 64.9 Å². The summed E-state index contributed by atoms with van der Waals surface area (Å²) in [6.07, 6.45) is -4.30. The van der Waals surface area contributed by atoms with Crippen molar-refractivity contribution in [2.45, 2.75) is 12.6 Å². The third-order valence-corrected chi connectivity index (χ3v) is 4.30. The van der Waals surface area contributed by atoms with Crippen LogP contribution >= 0.6 is 11.6 Å². The number of rotatable bonds is 5. The highest BCUT2D eigenvalue weighted by atomic mass is 35.5. The predicted octanol–water partition coefficient (Wildman–Crippen LogP) is 5.12. The van der Waals surface area contributed by atoms with Crippen LogP contribution in [0.4, 0.5) is 23.7 Å². The first-order valence-corrected chi connectivity index (χ1v) is 8.88. The summed E-state index contributed by atoms with van der Waals surface area (Å²) in [4.78, 5) is 17.7. The van der Waals surface area contributed by atoms with E-state index in [2.05, 4.69) is 15.5 Å². The zero-order chi connectivity index (χ0) is 21.0. The second-order valence-corrected chi connectivity index (χ2v) is 6.60. The van der Waals surface area contributed by atoms with E-state index < -0.39 is 17.8 Å². The van der Waals surface area contributed by atoms with E-state index in [1.165, 1.54) is 30.1 Å². The maximum atomic E-state index is 13.0. The van der Waals surface area contributed by atoms with E-state index in [9.17, 15) is 18.0 Å². The Morgan fingerprint density at radius 3 is 2.55 bits per heavy atom. The van der Waals surface area contributed by atoms with Gasteiger partial charge in [0.1, 0.15) is 0 Å². The van der Waals surface area contributed by atoms with Crippen molar-refractivity contribution in [3.8, 4) is 11.5 Å². The normalized spacial score (nSPS) is 11.3. The first kappa shape index (κ1) is 20.7. The molecule has 0 aliphatic rings. The lowest BCUT2D eigenvalue weighted by Gasteiger charge is -2.19. The number of carbonyl (C=O) groups is 1. The fourth-order valence-electron chi connectivity index (χ4n) is 2.48. The molecule has 0 radical (unpaired) electrons. The van der Waals surface area contributed by atoms with Crippen molar-refractivity contribution in [3.63, 3.8) is 0 Å². The Balaban J connectivity index is 1.59. The molecule has 152 valence electrons. The number of halogens is 4. The minimum atomic E-state index is -4.56. The number of anilines is 1. The minimum Gasteiger partial charge on any atom is -0.334 e. The van der Waals surface area contributed by atoms with Crippen LogP contribution in [0.2, 0.25) is 5.02 Å². The van der Waals surface area contributed by atoms with Gasteiger partial charge in [0.15, 0.2) is 5.82 Å². The molecule has 0 bridgehead atoms. The van der Waals surface area contributed by atoms with Crippen molar-refractivity contribution in [2.24, 2.45) is 0 Å². The summed E-state index contributed by atoms with van der Waals surface area (Å²) in [6.45, 7) is 0.180. The van der Waals surface area contributed by atoms with Gasteiger partial charge >= 0.3 is 12.2 Å². The zero-order valence-corrected chi connectivity index (χ0v) is 16.0. The lowest BCUT2D eigenvalue weighted by Crippen LogP contribution is -2.33. The van der Waals surface area contributed by atoms with Gasteiger partial charge in [0.2, 0.25) is 0 Å². The standard InChI is InChI=1S/C19H16ClF3N4O2/c1-27(18(28)24-15-5-3-2-4-14(15)19(21,22)23)11-10-16-25-17(29-26-16)12-6-8-13(20)9-7-12/h2-9H,10-11H2,1H3,(H,24,28). The molecular weight excluding hydrogens is 409 g/mol. The van der Waals surface area contributed by atoms with E-state index in [1.807, 2.05) is 0 Å². The van der Waals surface area contributed by atoms with Gasteiger partial charge in [0.25, 0.3) is 5.89 Å². The van der Waals surface area contributed by atoms with Gasteiger partial charge in [-0.3, -0.25) is 0 Å². The van der Waals surface area contributed by atoms with Crippen LogP contribution in [0.15, 0.2) is 53.1 Å². The summed E-state index contributed by atoms with van der Waals surface area (Å²) in [5, 5.41) is 6.71. The topological polar surface area (TPSA) is 71.3 Å². The molecular formula is C19H16ClF3N4O2. The number of hydrogen-bond acceptors (Lipinski definition) is 4. The summed E-state index contributed by atoms with van der Waals surface area (Å²) >= 11 is 5.84. The first-order valence-electron chi connectivity index (χ1n) is 8.51. The molecule has 0 fully saturated rings. The molecule has 2 amide bonds. The highest BCUT2D eigenvalue weighted by Gasteiger charge is 2.33. The van der Waals surface area contributed by atoms with Gasteiger partial charge in [-0.05, 0) is 36.4 Å². The zero-order valence-electron chi connectivity index (χ0n) is 15.2. The van der Waals surface area contributed by atoms with Crippen molar-refractivity contribution in [2.75, 3.05) is 18.9 Å². The molecule has 0 saturated heterocycles. The highest BCUT2D eigenvalue weighted by molar-refractivity contribution is 6.30. The first-order chi connectivity index (χ1) is 13.7. The van der Waals surface area contributed by atoms with E-state index >= 15 is 0 Å². The van der Waals surface area contributed by atoms with Crippen LogP contribution in [-0.4, -0.2) is 34.7 Å². The van der Waals surface area contributed by atoms with Crippen LogP contribution in [0.1, 0.15) is 11.4 Å². The van der Waals surface area contributed by atoms with Crippen molar-refractivity contribution in [1.29, 1.82) is 0 Å². The largest absolute Gasteiger partial charge is 0.418 e. The number of likely N-dealkylation sites (N-methyl/N-ethyl adjacent to an activating group) is 1. The average Bonchev–Trinajstić information content (AvgIpc) is 3.15. The van der Waals surface area contributed by atoms with Gasteiger partial charge in [-0.15, -0.1) is 0 Å². The van der Waals surface area contributed by atoms with E-state index in [0.717, 1.165) is 6.07 Å². The lowest BCUT2D eigenvalue weighted by atomic mass is 10.1.